The first kappa shape index (κ1) is 36.9. The van der Waals surface area contributed by atoms with E-state index in [1.807, 2.05) is 15.4 Å². The second-order valence-electron chi connectivity index (χ2n) is 13.4. The maximum absolute atomic E-state index is 2.99. The summed E-state index contributed by atoms with van der Waals surface area (Å²) in [6, 6.07) is 28.5. The molecular weight excluding hydrogens is 679 g/mol. The van der Waals surface area contributed by atoms with Crippen molar-refractivity contribution in [3.8, 4) is 0 Å². The molecule has 0 aliphatic heterocycles. The fraction of sp³-hybridized carbons (Fsp3) is 0.395. The monoisotopic (exact) mass is 724 g/mol. The van der Waals surface area contributed by atoms with Crippen molar-refractivity contribution in [3.63, 3.8) is 0 Å². The largest absolute Gasteiger partial charge is 1.00 e. The number of rotatable bonds is 4. The average Bonchev–Trinajstić information content (AvgIpc) is 3.81. The minimum absolute atomic E-state index is 0. The van der Waals surface area contributed by atoms with Crippen molar-refractivity contribution in [3.05, 3.63) is 103 Å². The molecule has 0 saturated heterocycles. The van der Waals surface area contributed by atoms with Gasteiger partial charge in [0.2, 0.25) is 0 Å². The van der Waals surface area contributed by atoms with E-state index in [1.54, 1.807) is 24.2 Å². The Balaban J connectivity index is 0.000000176. The second kappa shape index (κ2) is 18.0. The first-order valence-electron chi connectivity index (χ1n) is 17.3. The Morgan fingerprint density at radius 1 is 0.652 bits per heavy atom. The number of allylic oxidation sites excluding steroid dienone is 4. The molecule has 0 amide bonds. The molecular formula is C43H48Cl2Zr-2. The Labute approximate surface area is 304 Å². The van der Waals surface area contributed by atoms with Crippen molar-refractivity contribution in [1.82, 2.24) is 0 Å². The van der Waals surface area contributed by atoms with Gasteiger partial charge in [-0.2, -0.15) is 6.08 Å². The third-order valence-electron chi connectivity index (χ3n) is 10.8. The average molecular weight is 727 g/mol. The number of hydrogen-bond acceptors (Lipinski definition) is 0. The number of fused-ring (bicyclic) bond motifs is 8. The van der Waals surface area contributed by atoms with E-state index in [9.17, 15) is 0 Å². The zero-order chi connectivity index (χ0) is 30.3. The van der Waals surface area contributed by atoms with Gasteiger partial charge in [0, 0.05) is 0 Å². The first-order chi connectivity index (χ1) is 21.6. The maximum atomic E-state index is 2.99. The normalized spacial score (nSPS) is 17.8. The van der Waals surface area contributed by atoms with Gasteiger partial charge in [0.15, 0.2) is 0 Å². The third kappa shape index (κ3) is 8.38. The number of halogens is 2. The van der Waals surface area contributed by atoms with Crippen LogP contribution >= 0.6 is 0 Å². The second-order valence-corrected chi connectivity index (χ2v) is 14.9. The molecule has 2 saturated carbocycles. The van der Waals surface area contributed by atoms with Crippen molar-refractivity contribution in [1.29, 1.82) is 0 Å². The summed E-state index contributed by atoms with van der Waals surface area (Å²) in [7, 11) is 0. The molecule has 0 N–H and O–H groups in total. The molecule has 2 unspecified atom stereocenters. The van der Waals surface area contributed by atoms with Crippen LogP contribution in [-0.4, -0.2) is 3.21 Å². The van der Waals surface area contributed by atoms with E-state index >= 15 is 0 Å². The molecule has 0 nitrogen and oxygen atoms in total. The predicted octanol–water partition coefficient (Wildman–Crippen LogP) is 6.47. The van der Waals surface area contributed by atoms with E-state index in [4.69, 9.17) is 0 Å². The van der Waals surface area contributed by atoms with Crippen LogP contribution in [0.4, 0.5) is 0 Å². The van der Waals surface area contributed by atoms with E-state index in [0.29, 0.717) is 0 Å². The Hall–Kier alpha value is -1.92. The van der Waals surface area contributed by atoms with Gasteiger partial charge in [0.1, 0.15) is 0 Å². The summed E-state index contributed by atoms with van der Waals surface area (Å²) in [5.41, 5.74) is 0. The van der Waals surface area contributed by atoms with Crippen LogP contribution in [0, 0.1) is 29.7 Å². The Morgan fingerprint density at radius 3 is 1.63 bits per heavy atom. The minimum Gasteiger partial charge on any atom is -1.00 e. The van der Waals surface area contributed by atoms with Gasteiger partial charge in [-0.05, 0) is 10.8 Å². The summed E-state index contributed by atoms with van der Waals surface area (Å²) in [5, 5.41) is 10.8. The maximum Gasteiger partial charge on any atom is -0.0255 e. The quantitative estimate of drug-likeness (QED) is 0.147. The van der Waals surface area contributed by atoms with E-state index in [2.05, 4.69) is 105 Å². The van der Waals surface area contributed by atoms with Gasteiger partial charge in [-0.15, -0.1) is 40.1 Å². The van der Waals surface area contributed by atoms with Crippen LogP contribution < -0.4 is 24.8 Å². The number of benzene rings is 4. The van der Waals surface area contributed by atoms with Crippen molar-refractivity contribution >= 4 is 46.3 Å². The van der Waals surface area contributed by atoms with Crippen molar-refractivity contribution in [2.45, 2.75) is 84.5 Å². The molecule has 8 rings (SSSR count). The van der Waals surface area contributed by atoms with E-state index < -0.39 is 0 Å². The summed E-state index contributed by atoms with van der Waals surface area (Å²) >= 11 is 1.74. The molecule has 5 aromatic rings. The van der Waals surface area contributed by atoms with Gasteiger partial charge in [-0.1, -0.05) is 77.5 Å². The molecule has 0 aromatic heterocycles. The number of hydrogen-bond donors (Lipinski definition) is 0. The molecule has 2 fully saturated rings. The first-order valence-corrected chi connectivity index (χ1v) is 18.5. The van der Waals surface area contributed by atoms with Crippen LogP contribution in [0.3, 0.4) is 0 Å². The van der Waals surface area contributed by atoms with Gasteiger partial charge in [0.05, 0.1) is 0 Å². The Morgan fingerprint density at radius 2 is 1.13 bits per heavy atom. The van der Waals surface area contributed by atoms with Crippen LogP contribution in [0.2, 0.25) is 0 Å². The summed E-state index contributed by atoms with van der Waals surface area (Å²) in [6.07, 6.45) is 25.0. The van der Waals surface area contributed by atoms with Crippen LogP contribution in [0.5, 0.6) is 0 Å². The predicted molar refractivity (Wildman–Crippen MR) is 190 cm³/mol. The standard InChI is InChI=1S/C21H13.C17H30.C5H5.2ClH.Zr/c1-2-8-15-14(7-1)13-20-18-11-4-3-9-16(18)17-10-5-6-12-19(17)21(15)20;1-14(16-9-5-3-6-10-16)13-15(2)17-11-7-4-8-12-17;1-2-4-5-3-1;;;/h1-13H;14-17H,3-12H2,1-2H3;1-3H,4H2;2*1H;/q-1;;-1;;;+2/p-2. The summed E-state index contributed by atoms with van der Waals surface area (Å²) < 4.78 is 1.92. The van der Waals surface area contributed by atoms with Crippen molar-refractivity contribution < 1.29 is 49.0 Å². The van der Waals surface area contributed by atoms with Crippen molar-refractivity contribution in [2.24, 2.45) is 23.7 Å². The molecule has 240 valence electrons. The molecule has 3 aliphatic carbocycles. The molecule has 46 heavy (non-hydrogen) atoms. The zero-order valence-electron chi connectivity index (χ0n) is 27.6. The van der Waals surface area contributed by atoms with Crippen LogP contribution in [-0.2, 0) is 24.2 Å². The molecule has 0 radical (unpaired) electrons. The minimum atomic E-state index is 0. The molecule has 0 spiro atoms. The SMILES string of the molecule is CC([C](=[Zr+2])C(C)C1CCCCC1)C1CCCCC1.[C-]1=CC=CC1.[Cl-].[Cl-].c1ccc2c(c1)[cH-]c1c3ccccc3c3ccccc3c21. The van der Waals surface area contributed by atoms with Crippen LogP contribution in [0.25, 0.3) is 43.1 Å². The molecule has 2 atom stereocenters. The fourth-order valence-corrected chi connectivity index (χ4v) is 9.30. The van der Waals surface area contributed by atoms with Crippen molar-refractivity contribution in [2.75, 3.05) is 0 Å². The van der Waals surface area contributed by atoms with Gasteiger partial charge in [-0.25, -0.2) is 12.2 Å². The molecule has 3 aliphatic rings. The molecule has 5 aromatic carbocycles. The van der Waals surface area contributed by atoms with E-state index in [1.165, 1.54) is 107 Å². The van der Waals surface area contributed by atoms with Gasteiger partial charge < -0.3 is 24.8 Å². The molecule has 3 heteroatoms. The summed E-state index contributed by atoms with van der Waals surface area (Å²) in [5.74, 6) is 3.89. The van der Waals surface area contributed by atoms with Gasteiger partial charge >= 0.3 is 129 Å². The van der Waals surface area contributed by atoms with Crippen LogP contribution in [0.1, 0.15) is 84.5 Å². The Kier molecular flexibility index (Phi) is 14.5. The van der Waals surface area contributed by atoms with E-state index in [-0.39, 0.29) is 24.8 Å². The molecule has 0 bridgehead atoms. The van der Waals surface area contributed by atoms with Gasteiger partial charge in [0.25, 0.3) is 0 Å². The smallest absolute Gasteiger partial charge is 0.0255 e. The topological polar surface area (TPSA) is 0 Å². The Bertz CT molecular complexity index is 1730. The summed E-state index contributed by atoms with van der Waals surface area (Å²) in [4.78, 5) is 0. The zero-order valence-corrected chi connectivity index (χ0v) is 31.6. The van der Waals surface area contributed by atoms with Crippen LogP contribution in [0.15, 0.2) is 97.1 Å². The molecule has 0 heterocycles. The fourth-order valence-electron chi connectivity index (χ4n) is 8.15. The van der Waals surface area contributed by atoms with Gasteiger partial charge in [-0.3, -0.25) is 6.08 Å². The summed E-state index contributed by atoms with van der Waals surface area (Å²) in [6.45, 7) is 5.08. The van der Waals surface area contributed by atoms with E-state index in [0.717, 1.165) is 30.1 Å². The third-order valence-corrected chi connectivity index (χ3v) is 13.0.